The topological polar surface area (TPSA) is 115 Å². The summed E-state index contributed by atoms with van der Waals surface area (Å²) in [6, 6.07) is 0. The number of nitrogen functional groups attached to an aromatic ring is 1. The van der Waals surface area contributed by atoms with E-state index in [-0.39, 0.29) is 11.5 Å². The van der Waals surface area contributed by atoms with Crippen LogP contribution >= 0.6 is 0 Å². The molecule has 26 heavy (non-hydrogen) atoms. The van der Waals surface area contributed by atoms with Crippen molar-refractivity contribution in [3.05, 3.63) is 10.4 Å². The van der Waals surface area contributed by atoms with Crippen LogP contribution in [0.5, 0.6) is 0 Å². The van der Waals surface area contributed by atoms with Gasteiger partial charge in [0.15, 0.2) is 5.82 Å². The predicted octanol–water partition coefficient (Wildman–Crippen LogP) is 1.87. The molecule has 0 saturated carbocycles. The van der Waals surface area contributed by atoms with Crippen LogP contribution in [0.3, 0.4) is 0 Å². The van der Waals surface area contributed by atoms with Gasteiger partial charge in [-0.05, 0) is 19.3 Å². The van der Waals surface area contributed by atoms with Crippen LogP contribution in [0.1, 0.15) is 46.0 Å². The first kappa shape index (κ1) is 20.5. The maximum Gasteiger partial charge on any atom is 0.277 e. The summed E-state index contributed by atoms with van der Waals surface area (Å²) in [6.07, 6.45) is 4.30. The Bertz CT molecular complexity index is 595. The second-order valence-electron chi connectivity index (χ2n) is 6.18. The molecule has 2 rings (SSSR count). The van der Waals surface area contributed by atoms with Crippen LogP contribution in [0.4, 0.5) is 17.5 Å². The number of hydrogen-bond donors (Lipinski definition) is 3. The first-order valence-electron chi connectivity index (χ1n) is 9.38. The van der Waals surface area contributed by atoms with Crippen molar-refractivity contribution in [2.45, 2.75) is 52.4 Å². The van der Waals surface area contributed by atoms with Gasteiger partial charge in [-0.15, -0.1) is 0 Å². The third kappa shape index (κ3) is 5.86. The van der Waals surface area contributed by atoms with Gasteiger partial charge in [0, 0.05) is 13.2 Å². The quantitative estimate of drug-likeness (QED) is 0.356. The lowest BCUT2D eigenvalue weighted by atomic mass is 10.4. The molecular weight excluding hydrogens is 338 g/mol. The van der Waals surface area contributed by atoms with Crippen LogP contribution in [-0.2, 0) is 14.2 Å². The van der Waals surface area contributed by atoms with E-state index in [2.05, 4.69) is 29.1 Å². The number of hydrogen-bond acceptors (Lipinski definition) is 8. The summed E-state index contributed by atoms with van der Waals surface area (Å²) in [6.45, 7) is 7.11. The number of nitrogens with two attached hydrogens (primary N) is 1. The number of aromatic amines is 1. The second kappa shape index (κ2) is 11.0. The largest absolute Gasteiger partial charge is 0.381 e. The lowest BCUT2D eigenvalue weighted by molar-refractivity contribution is -0.144. The lowest BCUT2D eigenvalue weighted by Crippen LogP contribution is -2.40. The summed E-state index contributed by atoms with van der Waals surface area (Å²) in [7, 11) is 0. The zero-order chi connectivity index (χ0) is 18.8. The zero-order valence-electron chi connectivity index (χ0n) is 15.8. The molecule has 0 saturated heterocycles. The van der Waals surface area contributed by atoms with Gasteiger partial charge in [-0.2, -0.15) is 4.98 Å². The Balaban J connectivity index is 1.92. The van der Waals surface area contributed by atoms with Crippen LogP contribution in [0.2, 0.25) is 0 Å². The standard InChI is InChI=1S/C17H31N5O4/c1-3-5-8-24-9-7-11-26-17(25-10-6-4-2)22-12-19-13-14(22)20-16(18)21-15(13)23/h17,19H,3-12H2,1-2H3,(H3,18,20,21,23). The van der Waals surface area contributed by atoms with E-state index in [1.54, 1.807) is 4.90 Å². The first-order valence-corrected chi connectivity index (χ1v) is 9.38. The van der Waals surface area contributed by atoms with E-state index < -0.39 is 6.41 Å². The van der Waals surface area contributed by atoms with Crippen LogP contribution in [-0.4, -0.2) is 49.5 Å². The third-order valence-electron chi connectivity index (χ3n) is 3.97. The molecule has 9 nitrogen and oxygen atoms in total. The molecule has 1 aromatic rings. The van der Waals surface area contributed by atoms with Gasteiger partial charge < -0.3 is 25.3 Å². The molecule has 0 amide bonds. The SMILES string of the molecule is CCCCOCCCOC(OCCCC)N1CNc2c1nc(N)[nH]c2=O. The van der Waals surface area contributed by atoms with E-state index in [0.717, 1.165) is 38.7 Å². The minimum atomic E-state index is -0.625. The van der Waals surface area contributed by atoms with Crippen molar-refractivity contribution in [2.24, 2.45) is 0 Å². The maximum atomic E-state index is 12.0. The van der Waals surface area contributed by atoms with Crippen molar-refractivity contribution in [1.29, 1.82) is 0 Å². The summed E-state index contributed by atoms with van der Waals surface area (Å²) in [5.41, 5.74) is 5.76. The molecule has 0 spiro atoms. The predicted molar refractivity (Wildman–Crippen MR) is 101 cm³/mol. The zero-order valence-corrected chi connectivity index (χ0v) is 15.8. The smallest absolute Gasteiger partial charge is 0.277 e. The van der Waals surface area contributed by atoms with Gasteiger partial charge in [-0.3, -0.25) is 14.7 Å². The Labute approximate surface area is 154 Å². The van der Waals surface area contributed by atoms with Gasteiger partial charge >= 0.3 is 0 Å². The Morgan fingerprint density at radius 1 is 1.12 bits per heavy atom. The molecule has 1 aliphatic heterocycles. The summed E-state index contributed by atoms with van der Waals surface area (Å²) >= 11 is 0. The van der Waals surface area contributed by atoms with Crippen molar-refractivity contribution in [2.75, 3.05) is 49.0 Å². The average molecular weight is 369 g/mol. The van der Waals surface area contributed by atoms with Crippen molar-refractivity contribution in [3.8, 4) is 0 Å². The van der Waals surface area contributed by atoms with E-state index in [1.165, 1.54) is 0 Å². The Kier molecular flexibility index (Phi) is 8.66. The molecule has 1 aromatic heterocycles. The molecule has 0 aromatic carbocycles. The number of ether oxygens (including phenoxy) is 3. The number of nitrogens with zero attached hydrogens (tertiary/aromatic N) is 2. The fraction of sp³-hybridized carbons (Fsp3) is 0.765. The number of H-pyrrole nitrogens is 1. The normalized spacial score (nSPS) is 14.3. The van der Waals surface area contributed by atoms with E-state index in [1.807, 2.05) is 0 Å². The Hall–Kier alpha value is -1.84. The number of fused-ring (bicyclic) bond motifs is 1. The second-order valence-corrected chi connectivity index (χ2v) is 6.18. The van der Waals surface area contributed by atoms with Gasteiger partial charge in [0.1, 0.15) is 5.69 Å². The number of unbranched alkanes of at least 4 members (excludes halogenated alkanes) is 2. The van der Waals surface area contributed by atoms with E-state index in [0.29, 0.717) is 38.0 Å². The molecule has 2 heterocycles. The average Bonchev–Trinajstić information content (AvgIpc) is 3.03. The molecule has 0 bridgehead atoms. The molecule has 9 heteroatoms. The van der Waals surface area contributed by atoms with Crippen LogP contribution in [0.15, 0.2) is 4.79 Å². The van der Waals surface area contributed by atoms with Gasteiger partial charge in [0.25, 0.3) is 5.56 Å². The Morgan fingerprint density at radius 3 is 2.50 bits per heavy atom. The molecule has 1 aliphatic rings. The lowest BCUT2D eigenvalue weighted by Gasteiger charge is -2.28. The maximum absolute atomic E-state index is 12.0. The van der Waals surface area contributed by atoms with Gasteiger partial charge in [0.05, 0.1) is 19.9 Å². The fourth-order valence-electron chi connectivity index (χ4n) is 2.51. The van der Waals surface area contributed by atoms with Gasteiger partial charge in [0.2, 0.25) is 12.4 Å². The minimum Gasteiger partial charge on any atom is -0.381 e. The fourth-order valence-corrected chi connectivity index (χ4v) is 2.51. The Morgan fingerprint density at radius 2 is 1.77 bits per heavy atom. The van der Waals surface area contributed by atoms with Crippen LogP contribution in [0.25, 0.3) is 0 Å². The molecule has 4 N–H and O–H groups in total. The molecule has 1 unspecified atom stereocenters. The van der Waals surface area contributed by atoms with Crippen LogP contribution < -0.4 is 21.5 Å². The monoisotopic (exact) mass is 369 g/mol. The van der Waals surface area contributed by atoms with Crippen molar-refractivity contribution >= 4 is 17.5 Å². The molecule has 148 valence electrons. The summed E-state index contributed by atoms with van der Waals surface area (Å²) in [4.78, 5) is 20.5. The van der Waals surface area contributed by atoms with Crippen molar-refractivity contribution in [1.82, 2.24) is 9.97 Å². The third-order valence-corrected chi connectivity index (χ3v) is 3.97. The summed E-state index contributed by atoms with van der Waals surface area (Å²) in [5.74, 6) is 0.519. The van der Waals surface area contributed by atoms with Crippen molar-refractivity contribution in [3.63, 3.8) is 0 Å². The highest BCUT2D eigenvalue weighted by atomic mass is 16.7. The van der Waals surface area contributed by atoms with Crippen LogP contribution in [0, 0.1) is 0 Å². The minimum absolute atomic E-state index is 0.0686. The van der Waals surface area contributed by atoms with Crippen molar-refractivity contribution < 1.29 is 14.2 Å². The van der Waals surface area contributed by atoms with Gasteiger partial charge in [-0.25, -0.2) is 0 Å². The molecule has 0 radical (unpaired) electrons. The highest BCUT2D eigenvalue weighted by molar-refractivity contribution is 5.70. The van der Waals surface area contributed by atoms with E-state index in [9.17, 15) is 4.79 Å². The number of nitrogens with one attached hydrogen (secondary N) is 2. The number of anilines is 3. The summed E-state index contributed by atoms with van der Waals surface area (Å²) < 4.78 is 17.3. The molecule has 0 aliphatic carbocycles. The van der Waals surface area contributed by atoms with E-state index in [4.69, 9.17) is 19.9 Å². The molecule has 0 fully saturated rings. The molecular formula is C17H31N5O4. The highest BCUT2D eigenvalue weighted by Gasteiger charge is 2.30. The summed E-state index contributed by atoms with van der Waals surface area (Å²) in [5, 5.41) is 3.02. The number of aromatic nitrogens is 2. The van der Waals surface area contributed by atoms with E-state index >= 15 is 0 Å². The first-order chi connectivity index (χ1) is 12.7. The van der Waals surface area contributed by atoms with Gasteiger partial charge in [-0.1, -0.05) is 26.7 Å². The number of rotatable bonds is 13. The molecule has 1 atom stereocenters. The highest BCUT2D eigenvalue weighted by Crippen LogP contribution is 2.28.